The fourth-order valence-electron chi connectivity index (χ4n) is 8.51. The summed E-state index contributed by atoms with van der Waals surface area (Å²) in [6.45, 7) is 5.70. The second-order valence-electron chi connectivity index (χ2n) is 19.9. The van der Waals surface area contributed by atoms with Gasteiger partial charge in [0.1, 0.15) is 18.8 Å². The molecular formula is C63H104O12. The molecule has 12 nitrogen and oxygen atoms in total. The number of carbonyl (C=O) groups excluding carboxylic acids is 3. The average Bonchev–Trinajstić information content (AvgIpc) is 3.39. The number of allylic oxidation sites excluding steroid dienone is 14. The van der Waals surface area contributed by atoms with E-state index in [0.717, 1.165) is 103 Å². The Morgan fingerprint density at radius 3 is 1.33 bits per heavy atom. The van der Waals surface area contributed by atoms with E-state index >= 15 is 0 Å². The summed E-state index contributed by atoms with van der Waals surface area (Å²) in [5.74, 6) is -3.24. The lowest BCUT2D eigenvalue weighted by atomic mass is 9.98. The number of esters is 3. The SMILES string of the molecule is CC/C=C\C/C=C\C/C=C\C/C=C\CCC(=O)OC(COC(=O)CCCCCCCCC/C=C\C/C=C\C/C=C\CC)COC1OC(C(=O)O)C(O)C(O)C1OC(=O)CCCCCCCCCCCCCCCCC. The first-order valence-corrected chi connectivity index (χ1v) is 29.6. The Bertz CT molecular complexity index is 1630. The van der Waals surface area contributed by atoms with Crippen LogP contribution in [0.4, 0.5) is 0 Å². The number of hydrogen-bond donors (Lipinski definition) is 3. The van der Waals surface area contributed by atoms with Gasteiger partial charge in [0.2, 0.25) is 0 Å². The maximum Gasteiger partial charge on any atom is 0.335 e. The second-order valence-corrected chi connectivity index (χ2v) is 19.9. The van der Waals surface area contributed by atoms with Crippen molar-refractivity contribution in [3.63, 3.8) is 0 Å². The van der Waals surface area contributed by atoms with Crippen LogP contribution < -0.4 is 0 Å². The molecule has 1 heterocycles. The lowest BCUT2D eigenvalue weighted by molar-refractivity contribution is -0.301. The Kier molecular flexibility index (Phi) is 46.6. The topological polar surface area (TPSA) is 175 Å². The molecule has 1 aliphatic heterocycles. The maximum absolute atomic E-state index is 13.1. The Labute approximate surface area is 454 Å². The van der Waals surface area contributed by atoms with Crippen LogP contribution in [0.25, 0.3) is 0 Å². The van der Waals surface area contributed by atoms with Gasteiger partial charge in [0.25, 0.3) is 0 Å². The van der Waals surface area contributed by atoms with E-state index in [-0.39, 0.29) is 25.9 Å². The minimum atomic E-state index is -1.91. The van der Waals surface area contributed by atoms with Crippen LogP contribution in [0.3, 0.4) is 0 Å². The predicted octanol–water partition coefficient (Wildman–Crippen LogP) is 15.1. The molecule has 3 N–H and O–H groups in total. The Balaban J connectivity index is 2.72. The number of aliphatic hydroxyl groups is 2. The zero-order valence-electron chi connectivity index (χ0n) is 47.0. The molecule has 75 heavy (non-hydrogen) atoms. The molecule has 0 spiro atoms. The number of carboxylic acids is 1. The van der Waals surface area contributed by atoms with E-state index in [9.17, 15) is 34.5 Å². The summed E-state index contributed by atoms with van der Waals surface area (Å²) in [5.41, 5.74) is 0. The fourth-order valence-corrected chi connectivity index (χ4v) is 8.51. The largest absolute Gasteiger partial charge is 0.479 e. The van der Waals surface area contributed by atoms with Crippen LogP contribution in [-0.4, -0.2) is 89.2 Å². The first-order chi connectivity index (χ1) is 36.6. The molecule has 1 fully saturated rings. The van der Waals surface area contributed by atoms with Gasteiger partial charge in [-0.15, -0.1) is 0 Å². The zero-order chi connectivity index (χ0) is 54.7. The van der Waals surface area contributed by atoms with Crippen molar-refractivity contribution in [1.29, 1.82) is 0 Å². The van der Waals surface area contributed by atoms with Gasteiger partial charge in [-0.25, -0.2) is 4.79 Å². The molecule has 0 saturated carbocycles. The van der Waals surface area contributed by atoms with E-state index in [4.69, 9.17) is 23.7 Å². The molecule has 1 rings (SSSR count). The number of ether oxygens (including phenoxy) is 5. The van der Waals surface area contributed by atoms with Crippen molar-refractivity contribution in [3.05, 3.63) is 85.1 Å². The highest BCUT2D eigenvalue weighted by atomic mass is 16.7. The molecule has 0 aromatic carbocycles. The third kappa shape index (κ3) is 40.8. The van der Waals surface area contributed by atoms with E-state index in [1.165, 1.54) is 70.6 Å². The fraction of sp³-hybridized carbons (Fsp3) is 0.714. The highest BCUT2D eigenvalue weighted by Crippen LogP contribution is 2.26. The minimum absolute atomic E-state index is 0.0376. The van der Waals surface area contributed by atoms with Gasteiger partial charge in [0.05, 0.1) is 6.61 Å². The highest BCUT2D eigenvalue weighted by molar-refractivity contribution is 5.74. The molecule has 0 bridgehead atoms. The van der Waals surface area contributed by atoms with Crippen molar-refractivity contribution in [2.24, 2.45) is 0 Å². The maximum atomic E-state index is 13.1. The monoisotopic (exact) mass is 1050 g/mol. The number of carboxylic acid groups (broad SMARTS) is 1. The van der Waals surface area contributed by atoms with Crippen molar-refractivity contribution in [1.82, 2.24) is 0 Å². The predicted molar refractivity (Wildman–Crippen MR) is 303 cm³/mol. The van der Waals surface area contributed by atoms with Crippen LogP contribution in [0, 0.1) is 0 Å². The van der Waals surface area contributed by atoms with Crippen molar-refractivity contribution in [2.45, 2.75) is 276 Å². The van der Waals surface area contributed by atoms with Gasteiger partial charge < -0.3 is 39.0 Å². The smallest absolute Gasteiger partial charge is 0.335 e. The number of carbonyl (C=O) groups is 4. The molecule has 1 aliphatic rings. The summed E-state index contributed by atoms with van der Waals surface area (Å²) in [7, 11) is 0. The third-order valence-corrected chi connectivity index (χ3v) is 13.0. The summed E-state index contributed by atoms with van der Waals surface area (Å²) in [6.07, 6.45) is 52.8. The first kappa shape index (κ1) is 68.9. The van der Waals surface area contributed by atoms with Gasteiger partial charge in [0, 0.05) is 19.3 Å². The van der Waals surface area contributed by atoms with Crippen molar-refractivity contribution in [3.8, 4) is 0 Å². The number of aliphatic carboxylic acids is 1. The molecule has 1 saturated heterocycles. The van der Waals surface area contributed by atoms with E-state index in [2.05, 4.69) is 93.7 Å². The lowest BCUT2D eigenvalue weighted by Crippen LogP contribution is -2.61. The van der Waals surface area contributed by atoms with Crippen molar-refractivity contribution < 1.29 is 58.2 Å². The molecule has 0 aliphatic carbocycles. The van der Waals surface area contributed by atoms with Crippen LogP contribution in [0.2, 0.25) is 0 Å². The second kappa shape index (κ2) is 50.7. The van der Waals surface area contributed by atoms with E-state index < -0.39 is 67.3 Å². The number of aliphatic hydroxyl groups excluding tert-OH is 2. The standard InChI is InChI=1S/C63H104O12/c1-4-7-10-13-16-19-22-25-27-28-30-32-34-37-40-43-46-49-55(64)71-52-54(73-56(65)50-47-44-41-38-35-31-24-21-18-15-12-9-6-3)53-72-63-61(59(68)58(67)60(75-63)62(69)70)74-57(66)51-48-45-42-39-36-33-29-26-23-20-17-14-11-8-5-2/h7,9-10,12,16,18-19,21,25,27,31,35,41,44,54,58-61,63,67-68H,4-6,8,11,13-15,17,20,22-24,26,28-30,32-34,36-40,42-43,45-53H2,1-3H3,(H,69,70)/b10-7-,12-9-,19-16-,21-18-,27-25-,35-31-,44-41-. The van der Waals surface area contributed by atoms with E-state index in [1.807, 2.05) is 12.2 Å². The molecular weight excluding hydrogens is 949 g/mol. The van der Waals surface area contributed by atoms with Gasteiger partial charge in [-0.05, 0) is 77.0 Å². The van der Waals surface area contributed by atoms with Crippen LogP contribution >= 0.6 is 0 Å². The van der Waals surface area contributed by atoms with Crippen molar-refractivity contribution >= 4 is 23.9 Å². The van der Waals surface area contributed by atoms with E-state index in [1.54, 1.807) is 0 Å². The highest BCUT2D eigenvalue weighted by Gasteiger charge is 2.50. The number of unbranched alkanes of at least 4 members (excludes halogenated alkanes) is 21. The Morgan fingerprint density at radius 2 is 0.867 bits per heavy atom. The number of hydrogen-bond acceptors (Lipinski definition) is 11. The molecule has 6 atom stereocenters. The first-order valence-electron chi connectivity index (χ1n) is 29.6. The molecule has 0 radical (unpaired) electrons. The van der Waals surface area contributed by atoms with Gasteiger partial charge in [0.15, 0.2) is 24.6 Å². The lowest BCUT2D eigenvalue weighted by Gasteiger charge is -2.40. The molecule has 0 aromatic heterocycles. The minimum Gasteiger partial charge on any atom is -0.479 e. The zero-order valence-corrected chi connectivity index (χ0v) is 47.0. The summed E-state index contributed by atoms with van der Waals surface area (Å²) in [5, 5.41) is 31.5. The molecule has 12 heteroatoms. The van der Waals surface area contributed by atoms with Crippen LogP contribution in [0.5, 0.6) is 0 Å². The molecule has 0 aromatic rings. The summed E-state index contributed by atoms with van der Waals surface area (Å²) < 4.78 is 28.3. The van der Waals surface area contributed by atoms with Gasteiger partial charge in [-0.1, -0.05) is 228 Å². The van der Waals surface area contributed by atoms with Gasteiger partial charge >= 0.3 is 23.9 Å². The summed E-state index contributed by atoms with van der Waals surface area (Å²) in [6, 6.07) is 0. The van der Waals surface area contributed by atoms with Crippen molar-refractivity contribution in [2.75, 3.05) is 13.2 Å². The quantitative estimate of drug-likeness (QED) is 0.0228. The average molecular weight is 1050 g/mol. The van der Waals surface area contributed by atoms with E-state index in [0.29, 0.717) is 25.7 Å². The van der Waals surface area contributed by atoms with Crippen LogP contribution in [-0.2, 0) is 42.9 Å². The van der Waals surface area contributed by atoms with Crippen LogP contribution in [0.15, 0.2) is 85.1 Å². The summed E-state index contributed by atoms with van der Waals surface area (Å²) >= 11 is 0. The van der Waals surface area contributed by atoms with Gasteiger partial charge in [-0.3, -0.25) is 14.4 Å². The third-order valence-electron chi connectivity index (χ3n) is 13.0. The Hall–Kier alpha value is -4.10. The number of rotatable bonds is 49. The molecule has 6 unspecified atom stereocenters. The normalized spacial score (nSPS) is 18.8. The molecule has 428 valence electrons. The van der Waals surface area contributed by atoms with Crippen LogP contribution in [0.1, 0.15) is 239 Å². The summed E-state index contributed by atoms with van der Waals surface area (Å²) in [4.78, 5) is 51.1. The molecule has 0 amide bonds. The van der Waals surface area contributed by atoms with Gasteiger partial charge in [-0.2, -0.15) is 0 Å². The Morgan fingerprint density at radius 1 is 0.453 bits per heavy atom.